The van der Waals surface area contributed by atoms with Crippen molar-refractivity contribution in [1.29, 1.82) is 0 Å². The van der Waals surface area contributed by atoms with Crippen LogP contribution in [0.1, 0.15) is 15.9 Å². The fourth-order valence-electron chi connectivity index (χ4n) is 1.08. The number of hydrogen-bond acceptors (Lipinski definition) is 3. The maximum Gasteiger partial charge on any atom is 0.423 e. The maximum atomic E-state index is 12.4. The molecule has 0 unspecified atom stereocenters. The van der Waals surface area contributed by atoms with Gasteiger partial charge < -0.3 is 5.73 Å². The van der Waals surface area contributed by atoms with Gasteiger partial charge in [0.1, 0.15) is 5.56 Å². The highest BCUT2D eigenvalue weighted by molar-refractivity contribution is 5.93. The summed E-state index contributed by atoms with van der Waals surface area (Å²) in [6, 6.07) is 1.83. The van der Waals surface area contributed by atoms with Crippen molar-refractivity contribution in [2.75, 3.05) is 0 Å². The molecule has 1 aromatic carbocycles. The molecule has 0 saturated carbocycles. The first-order valence-electron chi connectivity index (χ1n) is 3.89. The lowest BCUT2D eigenvalue weighted by molar-refractivity contribution is -0.388. The minimum atomic E-state index is -4.91. The molecular weight excluding hydrogens is 229 g/mol. The number of nitrogens with two attached hydrogens (primary N) is 1. The highest BCUT2D eigenvalue weighted by Crippen LogP contribution is 2.36. The highest BCUT2D eigenvalue weighted by Gasteiger charge is 2.38. The average Bonchev–Trinajstić information content (AvgIpc) is 2.15. The van der Waals surface area contributed by atoms with E-state index in [4.69, 9.17) is 5.73 Å². The Kier molecular flexibility index (Phi) is 2.84. The molecule has 0 aromatic heterocycles. The van der Waals surface area contributed by atoms with Crippen molar-refractivity contribution in [1.82, 2.24) is 0 Å². The Bertz CT molecular complexity index is 456. The Morgan fingerprint density at radius 2 is 1.94 bits per heavy atom. The van der Waals surface area contributed by atoms with E-state index >= 15 is 0 Å². The molecule has 0 heterocycles. The number of nitrogens with zero attached hydrogens (tertiary/aromatic N) is 1. The van der Waals surface area contributed by atoms with E-state index in [2.05, 4.69) is 0 Å². The van der Waals surface area contributed by atoms with E-state index in [0.29, 0.717) is 12.1 Å². The number of halogens is 3. The number of primary amides is 1. The number of alkyl halides is 3. The van der Waals surface area contributed by atoms with Gasteiger partial charge in [0.2, 0.25) is 5.91 Å². The van der Waals surface area contributed by atoms with E-state index in [9.17, 15) is 28.1 Å². The number of hydrogen-bond donors (Lipinski definition) is 1. The molecule has 0 aliphatic carbocycles. The Morgan fingerprint density at radius 3 is 2.31 bits per heavy atom. The van der Waals surface area contributed by atoms with Crippen molar-refractivity contribution in [2.45, 2.75) is 6.18 Å². The molecule has 0 atom stereocenters. The lowest BCUT2D eigenvalue weighted by atomic mass is 10.1. The summed E-state index contributed by atoms with van der Waals surface area (Å²) < 4.78 is 37.2. The SMILES string of the molecule is NC(=O)c1ccc([N+](=O)[O-])c(C(F)(F)F)c1. The third-order valence-electron chi connectivity index (χ3n) is 1.78. The van der Waals surface area contributed by atoms with Crippen molar-refractivity contribution in [2.24, 2.45) is 5.73 Å². The van der Waals surface area contributed by atoms with Gasteiger partial charge in [0.25, 0.3) is 5.69 Å². The molecule has 0 aliphatic heterocycles. The molecule has 1 rings (SSSR count). The van der Waals surface area contributed by atoms with Crippen LogP contribution in [-0.4, -0.2) is 10.8 Å². The fourth-order valence-corrected chi connectivity index (χ4v) is 1.08. The minimum absolute atomic E-state index is 0.362. The molecule has 0 spiro atoms. The fraction of sp³-hybridized carbons (Fsp3) is 0.125. The number of amides is 1. The highest BCUT2D eigenvalue weighted by atomic mass is 19.4. The Hall–Kier alpha value is -2.12. The number of rotatable bonds is 2. The molecule has 1 aromatic rings. The lowest BCUT2D eigenvalue weighted by Gasteiger charge is -2.07. The summed E-state index contributed by atoms with van der Waals surface area (Å²) in [6.07, 6.45) is -4.91. The third kappa shape index (κ3) is 2.27. The van der Waals surface area contributed by atoms with Gasteiger partial charge in [-0.1, -0.05) is 0 Å². The van der Waals surface area contributed by atoms with Gasteiger partial charge in [-0.15, -0.1) is 0 Å². The molecule has 0 radical (unpaired) electrons. The van der Waals surface area contributed by atoms with Gasteiger partial charge in [-0.05, 0) is 12.1 Å². The van der Waals surface area contributed by atoms with Gasteiger partial charge in [-0.3, -0.25) is 14.9 Å². The van der Waals surface area contributed by atoms with E-state index < -0.39 is 33.8 Å². The zero-order chi connectivity index (χ0) is 12.5. The molecule has 5 nitrogen and oxygen atoms in total. The van der Waals surface area contributed by atoms with Crippen molar-refractivity contribution in [3.8, 4) is 0 Å². The van der Waals surface area contributed by atoms with Crippen LogP contribution in [0.25, 0.3) is 0 Å². The maximum absolute atomic E-state index is 12.4. The third-order valence-corrected chi connectivity index (χ3v) is 1.78. The monoisotopic (exact) mass is 234 g/mol. The van der Waals surface area contributed by atoms with Crippen LogP contribution in [-0.2, 0) is 6.18 Å². The topological polar surface area (TPSA) is 86.2 Å². The van der Waals surface area contributed by atoms with E-state index in [0.717, 1.165) is 6.07 Å². The van der Waals surface area contributed by atoms with E-state index in [1.165, 1.54) is 0 Å². The number of carbonyl (C=O) groups excluding carboxylic acids is 1. The van der Waals surface area contributed by atoms with Crippen LogP contribution >= 0.6 is 0 Å². The average molecular weight is 234 g/mol. The van der Waals surface area contributed by atoms with Crippen molar-refractivity contribution in [3.05, 3.63) is 39.4 Å². The quantitative estimate of drug-likeness (QED) is 0.624. The van der Waals surface area contributed by atoms with Gasteiger partial charge in [0.05, 0.1) is 4.92 Å². The van der Waals surface area contributed by atoms with Crippen LogP contribution in [0.15, 0.2) is 18.2 Å². The molecular formula is C8H5F3N2O3. The molecule has 0 bridgehead atoms. The van der Waals surface area contributed by atoms with Crippen molar-refractivity contribution >= 4 is 11.6 Å². The van der Waals surface area contributed by atoms with Crippen LogP contribution in [0, 0.1) is 10.1 Å². The minimum Gasteiger partial charge on any atom is -0.366 e. The van der Waals surface area contributed by atoms with Crippen LogP contribution in [0.2, 0.25) is 0 Å². The van der Waals surface area contributed by atoms with Crippen LogP contribution in [0.3, 0.4) is 0 Å². The largest absolute Gasteiger partial charge is 0.423 e. The standard InChI is InChI=1S/C8H5F3N2O3/c9-8(10,11)5-3-4(7(12)14)1-2-6(5)13(15)16/h1-3H,(H2,12,14). The number of carbonyl (C=O) groups is 1. The van der Waals surface area contributed by atoms with Gasteiger partial charge >= 0.3 is 6.18 Å². The molecule has 2 N–H and O–H groups in total. The Balaban J connectivity index is 3.45. The summed E-state index contributed by atoms with van der Waals surface area (Å²) in [7, 11) is 0. The first-order chi connectivity index (χ1) is 7.23. The molecule has 8 heteroatoms. The van der Waals surface area contributed by atoms with Gasteiger partial charge in [-0.25, -0.2) is 0 Å². The Morgan fingerprint density at radius 1 is 1.38 bits per heavy atom. The van der Waals surface area contributed by atoms with Crippen molar-refractivity contribution in [3.63, 3.8) is 0 Å². The second-order valence-electron chi connectivity index (χ2n) is 2.85. The van der Waals surface area contributed by atoms with Gasteiger partial charge in [-0.2, -0.15) is 13.2 Å². The first-order valence-corrected chi connectivity index (χ1v) is 3.89. The molecule has 0 saturated heterocycles. The molecule has 1 amide bonds. The van der Waals surface area contributed by atoms with Gasteiger partial charge in [0, 0.05) is 11.6 Å². The molecule has 16 heavy (non-hydrogen) atoms. The molecule has 86 valence electrons. The number of nitro groups is 1. The number of nitro benzene ring substituents is 1. The summed E-state index contributed by atoms with van der Waals surface area (Å²) in [6.45, 7) is 0. The Labute approximate surface area is 86.8 Å². The van der Waals surface area contributed by atoms with Crippen molar-refractivity contribution < 1.29 is 22.9 Å². The number of benzene rings is 1. The zero-order valence-electron chi connectivity index (χ0n) is 7.62. The second kappa shape index (κ2) is 3.80. The zero-order valence-corrected chi connectivity index (χ0v) is 7.62. The predicted molar refractivity (Wildman–Crippen MR) is 46.6 cm³/mol. The predicted octanol–water partition coefficient (Wildman–Crippen LogP) is 1.71. The summed E-state index contributed by atoms with van der Waals surface area (Å²) in [5.41, 5.74) is 1.74. The van der Waals surface area contributed by atoms with E-state index in [1.54, 1.807) is 0 Å². The van der Waals surface area contributed by atoms with Crippen LogP contribution in [0.4, 0.5) is 18.9 Å². The molecule has 0 fully saturated rings. The molecule has 0 aliphatic rings. The van der Waals surface area contributed by atoms with E-state index in [-0.39, 0.29) is 0 Å². The summed E-state index contributed by atoms with van der Waals surface area (Å²) in [5.74, 6) is -1.08. The summed E-state index contributed by atoms with van der Waals surface area (Å²) >= 11 is 0. The first kappa shape index (κ1) is 12.0. The van der Waals surface area contributed by atoms with Crippen LogP contribution in [0.5, 0.6) is 0 Å². The van der Waals surface area contributed by atoms with Crippen LogP contribution < -0.4 is 5.73 Å². The normalized spacial score (nSPS) is 11.2. The second-order valence-corrected chi connectivity index (χ2v) is 2.85. The smallest absolute Gasteiger partial charge is 0.366 e. The summed E-state index contributed by atoms with van der Waals surface area (Å²) in [5, 5.41) is 10.3. The van der Waals surface area contributed by atoms with E-state index in [1.807, 2.05) is 0 Å². The summed E-state index contributed by atoms with van der Waals surface area (Å²) in [4.78, 5) is 19.8. The van der Waals surface area contributed by atoms with Gasteiger partial charge in [0.15, 0.2) is 0 Å². The lowest BCUT2D eigenvalue weighted by Crippen LogP contribution is -2.15.